The fourth-order valence-electron chi connectivity index (χ4n) is 1.39. The molecular weight excluding hydrogens is 136 g/mol. The third-order valence-corrected chi connectivity index (χ3v) is 2.32. The Bertz CT molecular complexity index is 216. The molecule has 2 heteroatoms. The lowest BCUT2D eigenvalue weighted by Crippen LogP contribution is -2.15. The van der Waals surface area contributed by atoms with Crippen LogP contribution >= 0.6 is 0 Å². The van der Waals surface area contributed by atoms with E-state index in [0.29, 0.717) is 0 Å². The summed E-state index contributed by atoms with van der Waals surface area (Å²) >= 11 is 0. The van der Waals surface area contributed by atoms with E-state index in [1.807, 2.05) is 18.5 Å². The van der Waals surface area contributed by atoms with Crippen LogP contribution in [0.1, 0.15) is 25.1 Å². The zero-order valence-electron chi connectivity index (χ0n) is 6.53. The average molecular weight is 148 g/mol. The van der Waals surface area contributed by atoms with E-state index in [2.05, 4.69) is 9.97 Å². The van der Waals surface area contributed by atoms with E-state index in [4.69, 9.17) is 0 Å². The van der Waals surface area contributed by atoms with E-state index in [9.17, 15) is 0 Å². The number of nitrogens with zero attached hydrogens (tertiary/aromatic N) is 2. The Morgan fingerprint density at radius 2 is 2.00 bits per heavy atom. The number of rotatable bonds is 2. The zero-order chi connectivity index (χ0) is 7.52. The SMILES string of the molecule is c1cnc(CC2CCC2)nc1. The van der Waals surface area contributed by atoms with Gasteiger partial charge in [0.15, 0.2) is 0 Å². The van der Waals surface area contributed by atoms with Gasteiger partial charge in [0.1, 0.15) is 5.82 Å². The van der Waals surface area contributed by atoms with Crippen molar-refractivity contribution in [3.63, 3.8) is 0 Å². The molecule has 0 aliphatic heterocycles. The second-order valence-electron chi connectivity index (χ2n) is 3.17. The predicted octanol–water partition coefficient (Wildman–Crippen LogP) is 1.82. The Morgan fingerprint density at radius 3 is 2.55 bits per heavy atom. The summed E-state index contributed by atoms with van der Waals surface area (Å²) in [6, 6.07) is 1.87. The molecule has 1 aliphatic carbocycles. The molecule has 0 aromatic carbocycles. The maximum absolute atomic E-state index is 4.19. The summed E-state index contributed by atoms with van der Waals surface area (Å²) in [5, 5.41) is 0. The topological polar surface area (TPSA) is 25.8 Å². The molecule has 0 bridgehead atoms. The van der Waals surface area contributed by atoms with E-state index >= 15 is 0 Å². The lowest BCUT2D eigenvalue weighted by molar-refractivity contribution is 0.309. The highest BCUT2D eigenvalue weighted by Gasteiger charge is 2.18. The fourth-order valence-corrected chi connectivity index (χ4v) is 1.39. The van der Waals surface area contributed by atoms with Gasteiger partial charge < -0.3 is 0 Å². The molecule has 1 heterocycles. The van der Waals surface area contributed by atoms with Crippen molar-refractivity contribution in [2.75, 3.05) is 0 Å². The van der Waals surface area contributed by atoms with Crippen LogP contribution in [-0.2, 0) is 6.42 Å². The Morgan fingerprint density at radius 1 is 1.27 bits per heavy atom. The standard InChI is InChI=1S/C9H12N2/c1-3-8(4-1)7-9-10-5-2-6-11-9/h2,5-6,8H,1,3-4,7H2. The largest absolute Gasteiger partial charge is 0.241 e. The molecule has 11 heavy (non-hydrogen) atoms. The molecular formula is C9H12N2. The first kappa shape index (κ1) is 6.77. The van der Waals surface area contributed by atoms with Gasteiger partial charge in [-0.15, -0.1) is 0 Å². The van der Waals surface area contributed by atoms with Gasteiger partial charge in [-0.25, -0.2) is 9.97 Å². The van der Waals surface area contributed by atoms with Gasteiger partial charge in [0.05, 0.1) is 0 Å². The van der Waals surface area contributed by atoms with Crippen LogP contribution in [0.3, 0.4) is 0 Å². The van der Waals surface area contributed by atoms with Gasteiger partial charge in [-0.3, -0.25) is 0 Å². The molecule has 0 N–H and O–H groups in total. The van der Waals surface area contributed by atoms with Crippen molar-refractivity contribution >= 4 is 0 Å². The van der Waals surface area contributed by atoms with Crippen LogP contribution in [0.15, 0.2) is 18.5 Å². The molecule has 0 radical (unpaired) electrons. The van der Waals surface area contributed by atoms with Crippen LogP contribution in [0.4, 0.5) is 0 Å². The van der Waals surface area contributed by atoms with Crippen molar-refractivity contribution in [3.8, 4) is 0 Å². The van der Waals surface area contributed by atoms with Crippen LogP contribution in [0.2, 0.25) is 0 Å². The second-order valence-corrected chi connectivity index (χ2v) is 3.17. The number of aromatic nitrogens is 2. The van der Waals surface area contributed by atoms with E-state index < -0.39 is 0 Å². The van der Waals surface area contributed by atoms with Gasteiger partial charge in [0.2, 0.25) is 0 Å². The summed E-state index contributed by atoms with van der Waals surface area (Å²) in [5.41, 5.74) is 0. The molecule has 1 aromatic rings. The lowest BCUT2D eigenvalue weighted by atomic mass is 9.83. The van der Waals surface area contributed by atoms with Crippen molar-refractivity contribution in [1.82, 2.24) is 9.97 Å². The Kier molecular flexibility index (Phi) is 1.84. The quantitative estimate of drug-likeness (QED) is 0.639. The van der Waals surface area contributed by atoms with Gasteiger partial charge in [-0.1, -0.05) is 19.3 Å². The molecule has 1 aliphatic rings. The summed E-state index contributed by atoms with van der Waals surface area (Å²) < 4.78 is 0. The smallest absolute Gasteiger partial charge is 0.128 e. The van der Waals surface area contributed by atoms with Gasteiger partial charge in [0.25, 0.3) is 0 Å². The monoisotopic (exact) mass is 148 g/mol. The maximum atomic E-state index is 4.19. The van der Waals surface area contributed by atoms with Crippen molar-refractivity contribution in [3.05, 3.63) is 24.3 Å². The summed E-state index contributed by atoms with van der Waals surface area (Å²) in [5.74, 6) is 1.88. The van der Waals surface area contributed by atoms with Gasteiger partial charge in [-0.2, -0.15) is 0 Å². The van der Waals surface area contributed by atoms with Gasteiger partial charge >= 0.3 is 0 Å². The number of hydrogen-bond acceptors (Lipinski definition) is 2. The van der Waals surface area contributed by atoms with E-state index in [0.717, 1.165) is 18.2 Å². The molecule has 1 aromatic heterocycles. The maximum Gasteiger partial charge on any atom is 0.128 e. The van der Waals surface area contributed by atoms with Gasteiger partial charge in [-0.05, 0) is 12.0 Å². The first-order valence-corrected chi connectivity index (χ1v) is 4.21. The van der Waals surface area contributed by atoms with Gasteiger partial charge in [0, 0.05) is 18.8 Å². The van der Waals surface area contributed by atoms with Crippen LogP contribution in [0, 0.1) is 5.92 Å². The molecule has 1 fully saturated rings. The third-order valence-electron chi connectivity index (χ3n) is 2.32. The van der Waals surface area contributed by atoms with Crippen molar-refractivity contribution in [2.24, 2.45) is 5.92 Å². The Balaban J connectivity index is 1.95. The van der Waals surface area contributed by atoms with E-state index in [-0.39, 0.29) is 0 Å². The summed E-state index contributed by atoms with van der Waals surface area (Å²) in [4.78, 5) is 8.38. The first-order chi connectivity index (χ1) is 5.45. The van der Waals surface area contributed by atoms with Crippen LogP contribution < -0.4 is 0 Å². The fraction of sp³-hybridized carbons (Fsp3) is 0.556. The van der Waals surface area contributed by atoms with Crippen LogP contribution in [0.25, 0.3) is 0 Å². The highest BCUT2D eigenvalue weighted by Crippen LogP contribution is 2.28. The molecule has 0 saturated heterocycles. The zero-order valence-corrected chi connectivity index (χ0v) is 6.53. The second kappa shape index (κ2) is 2.99. The third kappa shape index (κ3) is 1.56. The van der Waals surface area contributed by atoms with Crippen molar-refractivity contribution in [2.45, 2.75) is 25.7 Å². The molecule has 0 unspecified atom stereocenters. The normalized spacial score (nSPS) is 17.8. The van der Waals surface area contributed by atoms with E-state index in [1.165, 1.54) is 19.3 Å². The molecule has 0 atom stereocenters. The Labute approximate surface area is 66.7 Å². The molecule has 58 valence electrons. The minimum Gasteiger partial charge on any atom is -0.241 e. The summed E-state index contributed by atoms with van der Waals surface area (Å²) in [6.07, 6.45) is 8.87. The Hall–Kier alpha value is -0.920. The number of hydrogen-bond donors (Lipinski definition) is 0. The molecule has 0 spiro atoms. The van der Waals surface area contributed by atoms with Crippen LogP contribution in [-0.4, -0.2) is 9.97 Å². The minimum atomic E-state index is 0.873. The highest BCUT2D eigenvalue weighted by atomic mass is 14.8. The molecule has 2 nitrogen and oxygen atoms in total. The molecule has 0 amide bonds. The molecule has 2 rings (SSSR count). The van der Waals surface area contributed by atoms with Crippen molar-refractivity contribution in [1.29, 1.82) is 0 Å². The first-order valence-electron chi connectivity index (χ1n) is 4.21. The predicted molar refractivity (Wildman–Crippen MR) is 43.1 cm³/mol. The highest BCUT2D eigenvalue weighted by molar-refractivity contribution is 4.91. The van der Waals surface area contributed by atoms with E-state index in [1.54, 1.807) is 0 Å². The molecule has 1 saturated carbocycles. The summed E-state index contributed by atoms with van der Waals surface area (Å²) in [6.45, 7) is 0. The lowest BCUT2D eigenvalue weighted by Gasteiger charge is -2.24. The van der Waals surface area contributed by atoms with Crippen molar-refractivity contribution < 1.29 is 0 Å². The summed E-state index contributed by atoms with van der Waals surface area (Å²) in [7, 11) is 0. The minimum absolute atomic E-state index is 0.873. The average Bonchev–Trinajstić information content (AvgIpc) is 1.99. The van der Waals surface area contributed by atoms with Crippen LogP contribution in [0.5, 0.6) is 0 Å².